The van der Waals surface area contributed by atoms with Crippen LogP contribution >= 0.6 is 0 Å². The molecule has 0 atom stereocenters. The molecule has 78 valence electrons. The highest BCUT2D eigenvalue weighted by molar-refractivity contribution is 5.41. The highest BCUT2D eigenvalue weighted by Crippen LogP contribution is 2.27. The Morgan fingerprint density at radius 1 is 1.50 bits per heavy atom. The van der Waals surface area contributed by atoms with Gasteiger partial charge < -0.3 is 4.90 Å². The first-order valence-electron chi connectivity index (χ1n) is 5.28. The molecule has 0 spiro atoms. The maximum absolute atomic E-state index is 4.18. The third-order valence-corrected chi connectivity index (χ3v) is 2.91. The van der Waals surface area contributed by atoms with E-state index in [-0.39, 0.29) is 0 Å². The summed E-state index contributed by atoms with van der Waals surface area (Å²) in [6.45, 7) is 14.6. The summed E-state index contributed by atoms with van der Waals surface area (Å²) in [5.41, 5.74) is 4.07. The molecule has 14 heavy (non-hydrogen) atoms. The maximum atomic E-state index is 4.18. The lowest BCUT2D eigenvalue weighted by Gasteiger charge is -2.29. The number of hydrogen-bond acceptors (Lipinski definition) is 1. The molecule has 1 rings (SSSR count). The summed E-state index contributed by atoms with van der Waals surface area (Å²) in [7, 11) is 2.16. The Labute approximate surface area is 87.8 Å². The van der Waals surface area contributed by atoms with Crippen LogP contribution in [0.25, 0.3) is 0 Å². The van der Waals surface area contributed by atoms with E-state index in [1.54, 1.807) is 0 Å². The van der Waals surface area contributed by atoms with Crippen LogP contribution in [-0.2, 0) is 0 Å². The van der Waals surface area contributed by atoms with Gasteiger partial charge in [0, 0.05) is 13.1 Å². The monoisotopic (exact) mass is 191 g/mol. The van der Waals surface area contributed by atoms with Gasteiger partial charge in [0.25, 0.3) is 0 Å². The highest BCUT2D eigenvalue weighted by Gasteiger charge is 2.17. The van der Waals surface area contributed by atoms with Crippen LogP contribution in [0.2, 0.25) is 0 Å². The average molecular weight is 191 g/mol. The Hall–Kier alpha value is -0.820. The van der Waals surface area contributed by atoms with E-state index >= 15 is 0 Å². The number of nitrogens with zero attached hydrogens (tertiary/aromatic N) is 1. The second kappa shape index (κ2) is 4.61. The molecule has 0 amide bonds. The Bertz CT molecular complexity index is 271. The minimum Gasteiger partial charge on any atom is -0.302 e. The molecular weight excluding hydrogens is 170 g/mol. The van der Waals surface area contributed by atoms with E-state index in [0.29, 0.717) is 5.92 Å². The van der Waals surface area contributed by atoms with Gasteiger partial charge in [-0.1, -0.05) is 33.1 Å². The molecule has 1 aliphatic heterocycles. The lowest BCUT2D eigenvalue weighted by molar-refractivity contribution is 0.350. The Balaban J connectivity index is 2.94. The van der Waals surface area contributed by atoms with Crippen molar-refractivity contribution in [2.45, 2.75) is 20.3 Å². The van der Waals surface area contributed by atoms with Crippen molar-refractivity contribution in [2.24, 2.45) is 5.92 Å². The van der Waals surface area contributed by atoms with Crippen LogP contribution in [0.1, 0.15) is 20.3 Å². The van der Waals surface area contributed by atoms with Crippen LogP contribution in [0.3, 0.4) is 0 Å². The van der Waals surface area contributed by atoms with Crippen LogP contribution in [-0.4, -0.2) is 25.0 Å². The summed E-state index contributed by atoms with van der Waals surface area (Å²) in [5.74, 6) is 0.534. The van der Waals surface area contributed by atoms with Crippen molar-refractivity contribution in [3.05, 3.63) is 36.0 Å². The van der Waals surface area contributed by atoms with Crippen LogP contribution in [0, 0.1) is 5.92 Å². The van der Waals surface area contributed by atoms with Gasteiger partial charge in [-0.2, -0.15) is 0 Å². The molecule has 1 heterocycles. The fourth-order valence-corrected chi connectivity index (χ4v) is 1.79. The zero-order valence-corrected chi connectivity index (χ0v) is 9.64. The minimum atomic E-state index is 0.534. The predicted molar refractivity (Wildman–Crippen MR) is 63.3 cm³/mol. The van der Waals surface area contributed by atoms with Crippen LogP contribution in [0.15, 0.2) is 36.0 Å². The smallest absolute Gasteiger partial charge is 0.0236 e. The first kappa shape index (κ1) is 11.3. The van der Waals surface area contributed by atoms with Gasteiger partial charge in [-0.3, -0.25) is 0 Å². The van der Waals surface area contributed by atoms with Crippen molar-refractivity contribution < 1.29 is 0 Å². The Morgan fingerprint density at radius 3 is 2.64 bits per heavy atom. The summed E-state index contributed by atoms with van der Waals surface area (Å²) in [6.07, 6.45) is 3.11. The third kappa shape index (κ3) is 2.36. The molecule has 1 aliphatic rings. The summed E-state index contributed by atoms with van der Waals surface area (Å²) in [6, 6.07) is 0. The van der Waals surface area contributed by atoms with Gasteiger partial charge in [0.15, 0.2) is 0 Å². The Morgan fingerprint density at radius 2 is 2.14 bits per heavy atom. The predicted octanol–water partition coefficient (Wildman–Crippen LogP) is 3.02. The van der Waals surface area contributed by atoms with E-state index in [9.17, 15) is 0 Å². The van der Waals surface area contributed by atoms with E-state index in [2.05, 4.69) is 39.0 Å². The normalized spacial score (nSPS) is 18.9. The molecule has 0 aliphatic carbocycles. The molecule has 0 saturated carbocycles. The van der Waals surface area contributed by atoms with Crippen LogP contribution in [0.4, 0.5) is 0 Å². The van der Waals surface area contributed by atoms with Gasteiger partial charge >= 0.3 is 0 Å². The lowest BCUT2D eigenvalue weighted by atomic mass is 9.89. The second-order valence-electron chi connectivity index (χ2n) is 4.38. The first-order chi connectivity index (χ1) is 6.56. The van der Waals surface area contributed by atoms with Crippen molar-refractivity contribution in [2.75, 3.05) is 20.1 Å². The quantitative estimate of drug-likeness (QED) is 0.663. The Kier molecular flexibility index (Phi) is 3.70. The molecule has 0 aromatic carbocycles. The molecule has 0 unspecified atom stereocenters. The molecule has 0 N–H and O–H groups in total. The first-order valence-corrected chi connectivity index (χ1v) is 5.28. The van der Waals surface area contributed by atoms with Gasteiger partial charge in [-0.15, -0.1) is 0 Å². The van der Waals surface area contributed by atoms with E-state index in [1.165, 1.54) is 16.7 Å². The van der Waals surface area contributed by atoms with Crippen molar-refractivity contribution in [1.82, 2.24) is 4.90 Å². The average Bonchev–Trinajstić information content (AvgIpc) is 2.16. The number of hydrogen-bond donors (Lipinski definition) is 0. The molecule has 0 bridgehead atoms. The topological polar surface area (TPSA) is 3.24 Å². The fourth-order valence-electron chi connectivity index (χ4n) is 1.79. The molecule has 0 aromatic heterocycles. The standard InChI is InChI=1S/C13H21N/c1-6-12-7-8-14(5)9-13(12)11(4)10(2)3/h6,10H,1,4,7-9H2,2-3,5H3. The molecule has 0 saturated heterocycles. The van der Waals surface area contributed by atoms with Crippen molar-refractivity contribution in [1.29, 1.82) is 0 Å². The van der Waals surface area contributed by atoms with Gasteiger partial charge in [-0.05, 0) is 36.1 Å². The molecule has 1 nitrogen and oxygen atoms in total. The van der Waals surface area contributed by atoms with Crippen molar-refractivity contribution in [3.8, 4) is 0 Å². The molecule has 1 heteroatoms. The SMILES string of the molecule is C=CC1=C(C(=C)C(C)C)CN(C)CC1. The molecule has 0 radical (unpaired) electrons. The summed E-state index contributed by atoms with van der Waals surface area (Å²) >= 11 is 0. The number of rotatable bonds is 3. The highest BCUT2D eigenvalue weighted by atomic mass is 15.1. The third-order valence-electron chi connectivity index (χ3n) is 2.91. The molecule has 0 fully saturated rings. The molecular formula is C13H21N. The summed E-state index contributed by atoms with van der Waals surface area (Å²) in [5, 5.41) is 0. The summed E-state index contributed by atoms with van der Waals surface area (Å²) in [4.78, 5) is 2.34. The van der Waals surface area contributed by atoms with Gasteiger partial charge in [0.05, 0.1) is 0 Å². The summed E-state index contributed by atoms with van der Waals surface area (Å²) < 4.78 is 0. The zero-order valence-electron chi connectivity index (χ0n) is 9.64. The van der Waals surface area contributed by atoms with E-state index in [4.69, 9.17) is 0 Å². The lowest BCUT2D eigenvalue weighted by Crippen LogP contribution is -2.28. The van der Waals surface area contributed by atoms with E-state index < -0.39 is 0 Å². The minimum absolute atomic E-state index is 0.534. The second-order valence-corrected chi connectivity index (χ2v) is 4.38. The largest absolute Gasteiger partial charge is 0.302 e. The van der Waals surface area contributed by atoms with Gasteiger partial charge in [0.1, 0.15) is 0 Å². The van der Waals surface area contributed by atoms with Crippen LogP contribution < -0.4 is 0 Å². The van der Waals surface area contributed by atoms with Crippen molar-refractivity contribution in [3.63, 3.8) is 0 Å². The van der Waals surface area contributed by atoms with Gasteiger partial charge in [-0.25, -0.2) is 0 Å². The number of allylic oxidation sites excluding steroid dienone is 1. The number of likely N-dealkylation sites (N-methyl/N-ethyl adjacent to an activating group) is 1. The van der Waals surface area contributed by atoms with Gasteiger partial charge in [0.2, 0.25) is 0 Å². The van der Waals surface area contributed by atoms with E-state index in [1.807, 2.05) is 6.08 Å². The van der Waals surface area contributed by atoms with Crippen LogP contribution in [0.5, 0.6) is 0 Å². The maximum Gasteiger partial charge on any atom is 0.0236 e. The van der Waals surface area contributed by atoms with Crippen molar-refractivity contribution >= 4 is 0 Å². The fraction of sp³-hybridized carbons (Fsp3) is 0.538. The van der Waals surface area contributed by atoms with E-state index in [0.717, 1.165) is 19.5 Å². The molecule has 0 aromatic rings. The zero-order chi connectivity index (χ0) is 10.7.